The van der Waals surface area contributed by atoms with Gasteiger partial charge in [0.05, 0.1) is 0 Å². The minimum Gasteiger partial charge on any atom is -0.481 e. The molecule has 5 nitrogen and oxygen atoms in total. The van der Waals surface area contributed by atoms with E-state index in [1.807, 2.05) is 31.2 Å². The molecule has 5 heteroatoms. The molecule has 0 fully saturated rings. The fraction of sp³-hybridized carbons (Fsp3) is 0.429. The fourth-order valence-corrected chi connectivity index (χ4v) is 3.31. The van der Waals surface area contributed by atoms with Gasteiger partial charge in [-0.25, -0.2) is 0 Å². The first kappa shape index (κ1) is 20.1. The molecule has 0 bridgehead atoms. The summed E-state index contributed by atoms with van der Waals surface area (Å²) in [5.41, 5.74) is 18.9. The summed E-state index contributed by atoms with van der Waals surface area (Å²) in [6.45, 7) is 7.14. The minimum absolute atomic E-state index is 0.0734. The monoisotopic (exact) mass is 355 g/mol. The van der Waals surface area contributed by atoms with Gasteiger partial charge in [-0.3, -0.25) is 9.78 Å². The predicted molar refractivity (Wildman–Crippen MR) is 105 cm³/mol. The van der Waals surface area contributed by atoms with E-state index < -0.39 is 5.97 Å². The molecule has 0 aliphatic carbocycles. The van der Waals surface area contributed by atoms with Gasteiger partial charge in [-0.05, 0) is 53.5 Å². The molecule has 2 aromatic rings. The molecule has 0 aliphatic rings. The molecule has 1 aromatic carbocycles. The summed E-state index contributed by atoms with van der Waals surface area (Å²) in [4.78, 5) is 15.9. The first-order chi connectivity index (χ1) is 12.4. The Morgan fingerprint density at radius 3 is 2.27 bits per heavy atom. The van der Waals surface area contributed by atoms with Crippen LogP contribution < -0.4 is 11.5 Å². The molecule has 140 valence electrons. The molecule has 1 aromatic heterocycles. The Kier molecular flexibility index (Phi) is 6.89. The Balaban J connectivity index is 2.67. The third kappa shape index (κ3) is 4.68. The molecule has 0 atom stereocenters. The topological polar surface area (TPSA) is 102 Å². The van der Waals surface area contributed by atoms with Gasteiger partial charge in [0.25, 0.3) is 0 Å². The van der Waals surface area contributed by atoms with Crippen molar-refractivity contribution < 1.29 is 9.90 Å². The van der Waals surface area contributed by atoms with Crippen LogP contribution in [0.25, 0.3) is 11.1 Å². The number of aliphatic carboxylic acids is 1. The lowest BCUT2D eigenvalue weighted by molar-refractivity contribution is -0.136. The quantitative estimate of drug-likeness (QED) is 0.675. The van der Waals surface area contributed by atoms with E-state index in [-0.39, 0.29) is 6.42 Å². The molecule has 0 aliphatic heterocycles. The second-order valence-corrected chi connectivity index (χ2v) is 7.07. The van der Waals surface area contributed by atoms with Gasteiger partial charge in [-0.2, -0.15) is 0 Å². The van der Waals surface area contributed by atoms with Crippen LogP contribution in [0, 0.1) is 12.8 Å². The van der Waals surface area contributed by atoms with Crippen molar-refractivity contribution in [2.75, 3.05) is 0 Å². The Morgan fingerprint density at radius 1 is 1.12 bits per heavy atom. The van der Waals surface area contributed by atoms with Crippen LogP contribution in [0.3, 0.4) is 0 Å². The van der Waals surface area contributed by atoms with Crippen LogP contribution in [0.15, 0.2) is 24.3 Å². The number of carboxylic acid groups (broad SMARTS) is 1. The van der Waals surface area contributed by atoms with Crippen LogP contribution >= 0.6 is 0 Å². The predicted octanol–water partition coefficient (Wildman–Crippen LogP) is 3.19. The van der Waals surface area contributed by atoms with E-state index in [0.717, 1.165) is 45.6 Å². The first-order valence-electron chi connectivity index (χ1n) is 9.09. The zero-order chi connectivity index (χ0) is 19.3. The number of aryl methyl sites for hydroxylation is 1. The maximum atomic E-state index is 11.1. The number of hydrogen-bond donors (Lipinski definition) is 3. The van der Waals surface area contributed by atoms with Crippen LogP contribution in [0.4, 0.5) is 0 Å². The van der Waals surface area contributed by atoms with E-state index in [4.69, 9.17) is 21.6 Å². The van der Waals surface area contributed by atoms with E-state index in [2.05, 4.69) is 13.8 Å². The van der Waals surface area contributed by atoms with Crippen LogP contribution in [0.2, 0.25) is 0 Å². The molecule has 1 heterocycles. The van der Waals surface area contributed by atoms with Crippen molar-refractivity contribution in [1.29, 1.82) is 0 Å². The Labute approximate surface area is 155 Å². The van der Waals surface area contributed by atoms with E-state index >= 15 is 0 Å². The van der Waals surface area contributed by atoms with Gasteiger partial charge < -0.3 is 16.6 Å². The van der Waals surface area contributed by atoms with Gasteiger partial charge in [0.15, 0.2) is 0 Å². The third-order valence-electron chi connectivity index (χ3n) is 4.56. The molecule has 2 rings (SSSR count). The van der Waals surface area contributed by atoms with Crippen molar-refractivity contribution in [3.63, 3.8) is 0 Å². The average molecular weight is 355 g/mol. The van der Waals surface area contributed by atoms with E-state index in [1.165, 1.54) is 0 Å². The molecular formula is C21H29N3O2. The Bertz CT molecular complexity index is 768. The fourth-order valence-electron chi connectivity index (χ4n) is 3.31. The normalized spacial score (nSPS) is 11.2. The van der Waals surface area contributed by atoms with Gasteiger partial charge in [0.2, 0.25) is 0 Å². The van der Waals surface area contributed by atoms with Crippen LogP contribution in [-0.4, -0.2) is 16.1 Å². The van der Waals surface area contributed by atoms with Crippen molar-refractivity contribution in [2.45, 2.75) is 53.1 Å². The highest BCUT2D eigenvalue weighted by molar-refractivity contribution is 5.74. The smallest absolute Gasteiger partial charge is 0.303 e. The van der Waals surface area contributed by atoms with Crippen molar-refractivity contribution >= 4 is 5.97 Å². The molecule has 26 heavy (non-hydrogen) atoms. The maximum Gasteiger partial charge on any atom is 0.303 e. The number of carboxylic acids is 1. The molecule has 0 radical (unpaired) electrons. The molecule has 0 amide bonds. The number of carbonyl (C=O) groups is 1. The van der Waals surface area contributed by atoms with Crippen LogP contribution in [-0.2, 0) is 30.7 Å². The zero-order valence-electron chi connectivity index (χ0n) is 15.9. The van der Waals surface area contributed by atoms with E-state index in [1.54, 1.807) is 0 Å². The lowest BCUT2D eigenvalue weighted by Gasteiger charge is -2.21. The van der Waals surface area contributed by atoms with Gasteiger partial charge in [0.1, 0.15) is 0 Å². The van der Waals surface area contributed by atoms with Crippen LogP contribution in [0.5, 0.6) is 0 Å². The second kappa shape index (κ2) is 8.92. The number of benzene rings is 1. The summed E-state index contributed by atoms with van der Waals surface area (Å²) in [6, 6.07) is 8.10. The van der Waals surface area contributed by atoms with Gasteiger partial charge in [-0.15, -0.1) is 0 Å². The molecular weight excluding hydrogens is 326 g/mol. The summed E-state index contributed by atoms with van der Waals surface area (Å²) in [5.74, 6) is -0.348. The van der Waals surface area contributed by atoms with Crippen molar-refractivity contribution in [3.05, 3.63) is 52.3 Å². The molecule has 0 saturated heterocycles. The lowest BCUT2D eigenvalue weighted by Crippen LogP contribution is -2.14. The number of nitrogens with two attached hydrogens (primary N) is 2. The average Bonchev–Trinajstić information content (AvgIpc) is 2.59. The van der Waals surface area contributed by atoms with Gasteiger partial charge in [0, 0.05) is 30.9 Å². The Hall–Kier alpha value is -2.24. The van der Waals surface area contributed by atoms with E-state index in [0.29, 0.717) is 25.4 Å². The lowest BCUT2D eigenvalue weighted by atomic mass is 9.88. The second-order valence-electron chi connectivity index (χ2n) is 7.07. The highest BCUT2D eigenvalue weighted by Crippen LogP contribution is 2.33. The zero-order valence-corrected chi connectivity index (χ0v) is 15.9. The molecule has 0 unspecified atom stereocenters. The van der Waals surface area contributed by atoms with Crippen molar-refractivity contribution in [2.24, 2.45) is 17.4 Å². The first-order valence-corrected chi connectivity index (χ1v) is 9.09. The summed E-state index contributed by atoms with van der Waals surface area (Å²) >= 11 is 0. The van der Waals surface area contributed by atoms with Crippen molar-refractivity contribution in [3.8, 4) is 11.1 Å². The largest absolute Gasteiger partial charge is 0.481 e. The molecule has 5 N–H and O–H groups in total. The van der Waals surface area contributed by atoms with Gasteiger partial charge >= 0.3 is 5.97 Å². The van der Waals surface area contributed by atoms with E-state index in [9.17, 15) is 4.79 Å². The Morgan fingerprint density at radius 2 is 1.77 bits per heavy atom. The summed E-state index contributed by atoms with van der Waals surface area (Å²) < 4.78 is 0. The highest BCUT2D eigenvalue weighted by Gasteiger charge is 2.19. The number of rotatable bonds is 8. The van der Waals surface area contributed by atoms with Gasteiger partial charge in [-0.1, -0.05) is 38.1 Å². The maximum absolute atomic E-state index is 11.1. The third-order valence-corrected chi connectivity index (χ3v) is 4.56. The number of hydrogen-bond acceptors (Lipinski definition) is 4. The minimum atomic E-state index is -0.811. The summed E-state index contributed by atoms with van der Waals surface area (Å²) in [5, 5.41) is 9.14. The standard InChI is InChI=1S/C21H29N3O2/c1-13(2)10-19-18(12-23)21(16-6-4-15(11-22)5-7-16)17(14(3)24-19)8-9-20(25)26/h4-7,13H,8-12,22-23H2,1-3H3,(H,25,26). The molecule has 0 saturated carbocycles. The van der Waals surface area contributed by atoms with Crippen molar-refractivity contribution in [1.82, 2.24) is 4.98 Å². The van der Waals surface area contributed by atoms with Crippen LogP contribution in [0.1, 0.15) is 48.3 Å². The SMILES string of the molecule is Cc1nc(CC(C)C)c(CN)c(-c2ccc(CN)cc2)c1CCC(=O)O. The summed E-state index contributed by atoms with van der Waals surface area (Å²) in [6.07, 6.45) is 1.36. The number of nitrogens with zero attached hydrogens (tertiary/aromatic N) is 1. The highest BCUT2D eigenvalue weighted by atomic mass is 16.4. The summed E-state index contributed by atoms with van der Waals surface area (Å²) in [7, 11) is 0. The number of aromatic nitrogens is 1. The number of pyridine rings is 1. The molecule has 0 spiro atoms.